The van der Waals surface area contributed by atoms with Gasteiger partial charge in [0.2, 0.25) is 11.8 Å². The van der Waals surface area contributed by atoms with Crippen LogP contribution in [-0.2, 0) is 0 Å². The Morgan fingerprint density at radius 2 is 0.663 bits per heavy atom. The van der Waals surface area contributed by atoms with Crippen LogP contribution in [-0.4, -0.2) is 27.1 Å². The summed E-state index contributed by atoms with van der Waals surface area (Å²) in [5.41, 5.74) is 26.2. The third-order valence-electron chi connectivity index (χ3n) is 17.1. The van der Waals surface area contributed by atoms with Gasteiger partial charge in [0, 0.05) is 27.3 Å². The molecule has 2 N–H and O–H groups in total. The van der Waals surface area contributed by atoms with E-state index in [-0.39, 0.29) is 0 Å². The van der Waals surface area contributed by atoms with Gasteiger partial charge < -0.3 is 18.9 Å². The van der Waals surface area contributed by atoms with E-state index in [0.717, 1.165) is 94.5 Å². The molecule has 0 amide bonds. The SMILES string of the molecule is Clc1cccc(-c2nc3c(-c4ccc(-c5ccccc5)cc4)cc(-c4ccc(-c5ccccc5)cc4)cc3o2)c1.N#Cc1cccc(-c2cccc(-c3nc4c(-c5ccc(-c6ccccc6)cc5)cc(-c5ccc(-c6ccccc6)cc5)cc4o3)c2)c1.[C-]#[N+]c1cccc(B(O)O)c1. The molecule has 464 valence electrons. The first-order chi connectivity index (χ1) is 48.2. The number of nitrogens with zero attached hydrogens (tertiary/aromatic N) is 4. The lowest BCUT2D eigenvalue weighted by molar-refractivity contribution is 0.426. The van der Waals surface area contributed by atoms with E-state index >= 15 is 0 Å². The molecule has 0 fully saturated rings. The minimum Gasteiger partial charge on any atom is -0.436 e. The van der Waals surface area contributed by atoms with Crippen LogP contribution in [0.4, 0.5) is 5.69 Å². The van der Waals surface area contributed by atoms with Gasteiger partial charge in [0.05, 0.1) is 18.2 Å². The molecule has 2 heterocycles. The van der Waals surface area contributed by atoms with Crippen molar-refractivity contribution >= 4 is 52.1 Å². The number of hydrogen-bond acceptors (Lipinski definition) is 7. The number of halogens is 1. The molecule has 2 aromatic heterocycles. The highest BCUT2D eigenvalue weighted by atomic mass is 35.5. The summed E-state index contributed by atoms with van der Waals surface area (Å²) in [6.07, 6.45) is 0. The third kappa shape index (κ3) is 14.2. The smallest absolute Gasteiger partial charge is 0.436 e. The molecule has 0 saturated heterocycles. The molecule has 98 heavy (non-hydrogen) atoms. The second kappa shape index (κ2) is 28.9. The predicted molar refractivity (Wildman–Crippen MR) is 400 cm³/mol. The van der Waals surface area contributed by atoms with Gasteiger partial charge >= 0.3 is 7.12 Å². The Balaban J connectivity index is 0.000000146. The number of rotatable bonds is 12. The summed E-state index contributed by atoms with van der Waals surface area (Å²) in [5.74, 6) is 1.10. The Hall–Kier alpha value is -12.7. The average molecular weight is 1280 g/mol. The minimum absolute atomic E-state index is 0.346. The Labute approximate surface area is 573 Å². The number of oxazole rings is 2. The van der Waals surface area contributed by atoms with Crippen LogP contribution in [0.25, 0.3) is 150 Å². The van der Waals surface area contributed by atoms with Crippen molar-refractivity contribution in [3.8, 4) is 129 Å². The van der Waals surface area contributed by atoms with Crippen molar-refractivity contribution in [2.45, 2.75) is 0 Å². The molecule has 0 spiro atoms. The first kappa shape index (κ1) is 62.7. The van der Waals surface area contributed by atoms with Crippen LogP contribution in [0.1, 0.15) is 5.56 Å². The van der Waals surface area contributed by atoms with Gasteiger partial charge in [0.15, 0.2) is 16.9 Å². The fraction of sp³-hybridized carbons (Fsp3) is 0. The average Bonchev–Trinajstić information content (AvgIpc) is 1.56. The molecule has 0 saturated carbocycles. The maximum absolute atomic E-state index is 9.41. The monoisotopic (exact) mass is 1280 g/mol. The van der Waals surface area contributed by atoms with Crippen LogP contribution in [0.5, 0.6) is 0 Å². The summed E-state index contributed by atoms with van der Waals surface area (Å²) in [5, 5.41) is 27.5. The Morgan fingerprint density at radius 3 is 1.06 bits per heavy atom. The van der Waals surface area contributed by atoms with Gasteiger partial charge in [0.25, 0.3) is 0 Å². The van der Waals surface area contributed by atoms with E-state index in [4.69, 9.17) is 47.0 Å². The minimum atomic E-state index is -1.49. The van der Waals surface area contributed by atoms with Crippen LogP contribution in [0, 0.1) is 17.9 Å². The zero-order valence-corrected chi connectivity index (χ0v) is 53.5. The van der Waals surface area contributed by atoms with E-state index in [9.17, 15) is 5.26 Å². The van der Waals surface area contributed by atoms with Crippen molar-refractivity contribution in [2.24, 2.45) is 0 Å². The normalized spacial score (nSPS) is 10.8. The molecule has 0 aliphatic rings. The summed E-state index contributed by atoms with van der Waals surface area (Å²) in [7, 11) is -1.49. The topological polar surface area (TPSA) is 121 Å². The Kier molecular flexibility index (Phi) is 18.5. The molecule has 16 aromatic rings. The number of hydrogen-bond donors (Lipinski definition) is 2. The molecule has 14 aromatic carbocycles. The maximum Gasteiger partial charge on any atom is 0.487 e. The van der Waals surface area contributed by atoms with Crippen LogP contribution < -0.4 is 5.46 Å². The van der Waals surface area contributed by atoms with Crippen LogP contribution in [0.3, 0.4) is 0 Å². The van der Waals surface area contributed by atoms with Crippen molar-refractivity contribution in [2.75, 3.05) is 0 Å². The molecule has 0 radical (unpaired) electrons. The molecule has 0 atom stereocenters. The largest absolute Gasteiger partial charge is 0.487 e. The van der Waals surface area contributed by atoms with Gasteiger partial charge in [0.1, 0.15) is 11.0 Å². The highest BCUT2D eigenvalue weighted by molar-refractivity contribution is 6.58. The number of aromatic nitrogens is 2. The zero-order valence-electron chi connectivity index (χ0n) is 52.8. The second-order valence-electron chi connectivity index (χ2n) is 23.4. The Bertz CT molecular complexity index is 5540. The summed E-state index contributed by atoms with van der Waals surface area (Å²) >= 11 is 6.28. The van der Waals surface area contributed by atoms with E-state index in [0.29, 0.717) is 33.5 Å². The van der Waals surface area contributed by atoms with Gasteiger partial charge in [-0.1, -0.05) is 285 Å². The molecule has 0 aliphatic carbocycles. The van der Waals surface area contributed by atoms with Gasteiger partial charge in [-0.2, -0.15) is 5.26 Å². The van der Waals surface area contributed by atoms with Crippen molar-refractivity contribution < 1.29 is 18.9 Å². The molecule has 0 aliphatic heterocycles. The van der Waals surface area contributed by atoms with E-state index in [1.54, 1.807) is 18.2 Å². The first-order valence-corrected chi connectivity index (χ1v) is 32.3. The molecular weight excluding hydrogens is 1220 g/mol. The molecular formula is C88H58BClN4O4. The molecule has 0 unspecified atom stereocenters. The molecule has 8 nitrogen and oxygen atoms in total. The van der Waals surface area contributed by atoms with Crippen LogP contribution in [0.15, 0.2) is 349 Å². The van der Waals surface area contributed by atoms with Crippen LogP contribution in [0.2, 0.25) is 5.02 Å². The molecule has 10 heteroatoms. The summed E-state index contributed by atoms with van der Waals surface area (Å²) in [4.78, 5) is 13.2. The van der Waals surface area contributed by atoms with E-state index in [2.05, 4.69) is 235 Å². The third-order valence-corrected chi connectivity index (χ3v) is 17.3. The number of fused-ring (bicyclic) bond motifs is 2. The number of benzene rings is 14. The highest BCUT2D eigenvalue weighted by Gasteiger charge is 2.20. The highest BCUT2D eigenvalue weighted by Crippen LogP contribution is 2.41. The summed E-state index contributed by atoms with van der Waals surface area (Å²) in [6.45, 7) is 6.64. The predicted octanol–water partition coefficient (Wildman–Crippen LogP) is 22.4. The summed E-state index contributed by atoms with van der Waals surface area (Å²) in [6, 6.07) is 117. The van der Waals surface area contributed by atoms with Gasteiger partial charge in [-0.3, -0.25) is 0 Å². The zero-order chi connectivity index (χ0) is 66.7. The fourth-order valence-electron chi connectivity index (χ4n) is 12.0. The Morgan fingerprint density at radius 1 is 0.327 bits per heavy atom. The van der Waals surface area contributed by atoms with Crippen molar-refractivity contribution in [3.05, 3.63) is 362 Å². The molecule has 0 bridgehead atoms. The standard InChI is InChI=1S/C44H28N2O.C37H24ClNO.C7H6BNO2/c45-29-30-9-7-14-37(25-30)38-15-8-16-39(26-38)44-46-43-41(36-23-21-34(22-24-36)32-12-5-2-6-13-32)27-40(28-42(43)47-44)35-19-17-33(18-20-35)31-10-3-1-4-11-31;38-33-13-7-12-31(22-33)37-39-36-34(30-20-18-28(19-21-30)26-10-5-2-6-11-26)23-32(24-35(36)40-37)29-16-14-27(15-17-29)25-8-3-1-4-9-25;1-9-7-4-2-3-6(5-7)8(10)11/h1-28H;1-24H;2-5,10-11H. The van der Waals surface area contributed by atoms with Crippen LogP contribution >= 0.6 is 11.6 Å². The lowest BCUT2D eigenvalue weighted by atomic mass is 9.80. The number of nitriles is 1. The van der Waals surface area contributed by atoms with Crippen molar-refractivity contribution in [1.29, 1.82) is 5.26 Å². The van der Waals surface area contributed by atoms with Gasteiger partial charge in [-0.25, -0.2) is 14.8 Å². The van der Waals surface area contributed by atoms with Crippen molar-refractivity contribution in [1.82, 2.24) is 9.97 Å². The van der Waals surface area contributed by atoms with E-state index in [1.165, 1.54) is 45.0 Å². The fourth-order valence-corrected chi connectivity index (χ4v) is 12.2. The van der Waals surface area contributed by atoms with Gasteiger partial charge in [-0.05, 0) is 161 Å². The van der Waals surface area contributed by atoms with Gasteiger partial charge in [-0.15, -0.1) is 0 Å². The quantitative estimate of drug-likeness (QED) is 0.0923. The lowest BCUT2D eigenvalue weighted by Crippen LogP contribution is -2.29. The first-order valence-electron chi connectivity index (χ1n) is 31.9. The summed E-state index contributed by atoms with van der Waals surface area (Å²) < 4.78 is 12.9. The second-order valence-corrected chi connectivity index (χ2v) is 23.9. The van der Waals surface area contributed by atoms with E-state index < -0.39 is 7.12 Å². The van der Waals surface area contributed by atoms with E-state index in [1.807, 2.05) is 91.0 Å². The molecule has 16 rings (SSSR count). The maximum atomic E-state index is 9.41. The lowest BCUT2D eigenvalue weighted by Gasteiger charge is -2.09. The van der Waals surface area contributed by atoms with Crippen molar-refractivity contribution in [3.63, 3.8) is 0 Å².